The van der Waals surface area contributed by atoms with Gasteiger partial charge in [0, 0.05) is 25.9 Å². The summed E-state index contributed by atoms with van der Waals surface area (Å²) >= 11 is 0. The molecule has 0 unspecified atom stereocenters. The standard InChI is InChI=1S/C12H18N2O2/c1-7(2)8-5-9(15)11(10(16)6-8)12-13-3-4-14-12/h7-8,13-14H,3-6H2,1-2H3. The smallest absolute Gasteiger partial charge is 0.170 e. The molecule has 0 aromatic heterocycles. The lowest BCUT2D eigenvalue weighted by atomic mass is 9.78. The molecule has 1 heterocycles. The van der Waals surface area contributed by atoms with Gasteiger partial charge in [0.05, 0.1) is 0 Å². The Hall–Kier alpha value is -1.32. The van der Waals surface area contributed by atoms with E-state index in [1.54, 1.807) is 0 Å². The summed E-state index contributed by atoms with van der Waals surface area (Å²) < 4.78 is 0. The first kappa shape index (κ1) is 11.2. The molecule has 4 heteroatoms. The Balaban J connectivity index is 2.21. The van der Waals surface area contributed by atoms with E-state index in [1.807, 2.05) is 0 Å². The molecule has 2 fully saturated rings. The summed E-state index contributed by atoms with van der Waals surface area (Å²) in [4.78, 5) is 23.9. The van der Waals surface area contributed by atoms with Crippen LogP contribution >= 0.6 is 0 Å². The highest BCUT2D eigenvalue weighted by Crippen LogP contribution is 2.29. The first-order valence-corrected chi connectivity index (χ1v) is 5.88. The number of rotatable bonds is 1. The van der Waals surface area contributed by atoms with Crippen LogP contribution in [0.25, 0.3) is 0 Å². The van der Waals surface area contributed by atoms with E-state index in [1.165, 1.54) is 0 Å². The SMILES string of the molecule is CC(C)C1CC(=O)C(=C2NCCN2)C(=O)C1. The second kappa shape index (κ2) is 4.28. The van der Waals surface area contributed by atoms with E-state index in [0.29, 0.717) is 30.2 Å². The molecule has 88 valence electrons. The molecule has 16 heavy (non-hydrogen) atoms. The van der Waals surface area contributed by atoms with E-state index in [4.69, 9.17) is 0 Å². The zero-order chi connectivity index (χ0) is 11.7. The maximum atomic E-state index is 11.9. The molecule has 0 atom stereocenters. The number of carbonyl (C=O) groups is 2. The molecule has 1 saturated carbocycles. The van der Waals surface area contributed by atoms with Crippen LogP contribution in [0.4, 0.5) is 0 Å². The molecule has 1 saturated heterocycles. The van der Waals surface area contributed by atoms with Gasteiger partial charge in [0.25, 0.3) is 0 Å². The van der Waals surface area contributed by atoms with Crippen LogP contribution in [0.2, 0.25) is 0 Å². The Labute approximate surface area is 95.5 Å². The van der Waals surface area contributed by atoms with Gasteiger partial charge in [-0.1, -0.05) is 13.8 Å². The van der Waals surface area contributed by atoms with Crippen LogP contribution in [-0.2, 0) is 9.59 Å². The van der Waals surface area contributed by atoms with Gasteiger partial charge in [-0.25, -0.2) is 0 Å². The Bertz CT molecular complexity index is 330. The fraction of sp³-hybridized carbons (Fsp3) is 0.667. The summed E-state index contributed by atoms with van der Waals surface area (Å²) in [5.74, 6) is 1.24. The average Bonchev–Trinajstić information content (AvgIpc) is 2.69. The first-order valence-electron chi connectivity index (χ1n) is 5.88. The second-order valence-corrected chi connectivity index (χ2v) is 4.86. The highest BCUT2D eigenvalue weighted by atomic mass is 16.2. The van der Waals surface area contributed by atoms with Gasteiger partial charge in [-0.3, -0.25) is 9.59 Å². The molecular formula is C12H18N2O2. The molecule has 4 nitrogen and oxygen atoms in total. The van der Waals surface area contributed by atoms with Crippen LogP contribution in [0.1, 0.15) is 26.7 Å². The first-order chi connectivity index (χ1) is 7.59. The van der Waals surface area contributed by atoms with Crippen LogP contribution < -0.4 is 10.6 Å². The average molecular weight is 222 g/mol. The van der Waals surface area contributed by atoms with E-state index in [-0.39, 0.29) is 17.5 Å². The van der Waals surface area contributed by atoms with Gasteiger partial charge in [0.1, 0.15) is 11.4 Å². The van der Waals surface area contributed by atoms with Crippen molar-refractivity contribution in [3.63, 3.8) is 0 Å². The molecule has 0 aromatic rings. The largest absolute Gasteiger partial charge is 0.369 e. The predicted octanol–water partition coefficient (Wildman–Crippen LogP) is 0.595. The number of Topliss-reactive ketones (excluding diaryl/α,β-unsaturated/α-hetero) is 2. The number of carbonyl (C=O) groups excluding carboxylic acids is 2. The maximum absolute atomic E-state index is 11.9. The van der Waals surface area contributed by atoms with Crippen molar-refractivity contribution in [1.82, 2.24) is 10.6 Å². The molecular weight excluding hydrogens is 204 g/mol. The summed E-state index contributed by atoms with van der Waals surface area (Å²) in [5.41, 5.74) is 0.370. The molecule has 0 amide bonds. The van der Waals surface area contributed by atoms with Crippen LogP contribution in [0.3, 0.4) is 0 Å². The third kappa shape index (κ3) is 1.96. The molecule has 0 radical (unpaired) electrons. The number of ketones is 2. The van der Waals surface area contributed by atoms with Gasteiger partial charge in [0.15, 0.2) is 11.6 Å². The number of nitrogens with one attached hydrogen (secondary N) is 2. The molecule has 0 spiro atoms. The summed E-state index contributed by atoms with van der Waals surface area (Å²) in [6.45, 7) is 5.70. The van der Waals surface area contributed by atoms with Crippen molar-refractivity contribution in [1.29, 1.82) is 0 Å². The molecule has 2 aliphatic rings. The summed E-state index contributed by atoms with van der Waals surface area (Å²) in [5, 5.41) is 6.12. The summed E-state index contributed by atoms with van der Waals surface area (Å²) in [6, 6.07) is 0. The Morgan fingerprint density at radius 3 is 2.00 bits per heavy atom. The third-order valence-electron chi connectivity index (χ3n) is 3.37. The lowest BCUT2D eigenvalue weighted by Gasteiger charge is -2.25. The minimum atomic E-state index is -0.00755. The van der Waals surface area contributed by atoms with Gasteiger partial charge in [-0.2, -0.15) is 0 Å². The van der Waals surface area contributed by atoms with Crippen LogP contribution in [0, 0.1) is 11.8 Å². The van der Waals surface area contributed by atoms with Gasteiger partial charge in [-0.15, -0.1) is 0 Å². The van der Waals surface area contributed by atoms with Crippen molar-refractivity contribution in [3.8, 4) is 0 Å². The fourth-order valence-electron chi connectivity index (χ4n) is 2.27. The molecule has 0 aromatic carbocycles. The van der Waals surface area contributed by atoms with E-state index in [2.05, 4.69) is 24.5 Å². The Kier molecular flexibility index (Phi) is 2.99. The van der Waals surface area contributed by atoms with E-state index < -0.39 is 0 Å². The van der Waals surface area contributed by atoms with Crippen molar-refractivity contribution < 1.29 is 9.59 Å². The van der Waals surface area contributed by atoms with Gasteiger partial charge >= 0.3 is 0 Å². The minimum Gasteiger partial charge on any atom is -0.369 e. The van der Waals surface area contributed by atoms with Crippen LogP contribution in [0.5, 0.6) is 0 Å². The predicted molar refractivity (Wildman–Crippen MR) is 60.6 cm³/mol. The lowest BCUT2D eigenvalue weighted by Crippen LogP contribution is -2.32. The van der Waals surface area contributed by atoms with E-state index in [0.717, 1.165) is 13.1 Å². The molecule has 1 aliphatic carbocycles. The molecule has 2 rings (SSSR count). The highest BCUT2D eigenvalue weighted by Gasteiger charge is 2.34. The van der Waals surface area contributed by atoms with Crippen molar-refractivity contribution in [3.05, 3.63) is 11.4 Å². The number of hydrogen-bond acceptors (Lipinski definition) is 4. The Morgan fingerprint density at radius 2 is 1.56 bits per heavy atom. The zero-order valence-corrected chi connectivity index (χ0v) is 9.80. The van der Waals surface area contributed by atoms with Gasteiger partial charge in [-0.05, 0) is 11.8 Å². The summed E-state index contributed by atoms with van der Waals surface area (Å²) in [6.07, 6.45) is 1.01. The normalized spacial score (nSPS) is 26.1. The summed E-state index contributed by atoms with van der Waals surface area (Å²) in [7, 11) is 0. The number of allylic oxidation sites excluding steroid dienone is 1. The molecule has 0 bridgehead atoms. The fourth-order valence-corrected chi connectivity index (χ4v) is 2.27. The number of hydrogen-bond donors (Lipinski definition) is 2. The zero-order valence-electron chi connectivity index (χ0n) is 9.80. The van der Waals surface area contributed by atoms with Crippen molar-refractivity contribution in [2.45, 2.75) is 26.7 Å². The third-order valence-corrected chi connectivity index (χ3v) is 3.37. The van der Waals surface area contributed by atoms with Gasteiger partial charge in [0.2, 0.25) is 0 Å². The Morgan fingerprint density at radius 1 is 1.06 bits per heavy atom. The quantitative estimate of drug-likeness (QED) is 0.504. The monoisotopic (exact) mass is 222 g/mol. The maximum Gasteiger partial charge on any atom is 0.170 e. The highest BCUT2D eigenvalue weighted by molar-refractivity contribution is 6.22. The van der Waals surface area contributed by atoms with Gasteiger partial charge < -0.3 is 10.6 Å². The lowest BCUT2D eigenvalue weighted by molar-refractivity contribution is -0.126. The molecule has 1 aliphatic heterocycles. The van der Waals surface area contributed by atoms with Crippen molar-refractivity contribution in [2.24, 2.45) is 11.8 Å². The van der Waals surface area contributed by atoms with E-state index >= 15 is 0 Å². The second-order valence-electron chi connectivity index (χ2n) is 4.86. The van der Waals surface area contributed by atoms with Crippen LogP contribution in [-0.4, -0.2) is 24.7 Å². The minimum absolute atomic E-state index is 0.00755. The topological polar surface area (TPSA) is 58.2 Å². The van der Waals surface area contributed by atoms with Crippen LogP contribution in [0.15, 0.2) is 11.4 Å². The van der Waals surface area contributed by atoms with Crippen molar-refractivity contribution in [2.75, 3.05) is 13.1 Å². The van der Waals surface area contributed by atoms with E-state index in [9.17, 15) is 9.59 Å². The molecule has 2 N–H and O–H groups in total. The van der Waals surface area contributed by atoms with Crippen molar-refractivity contribution >= 4 is 11.6 Å².